The summed E-state index contributed by atoms with van der Waals surface area (Å²) in [5.41, 5.74) is 0. The van der Waals surface area contributed by atoms with E-state index in [1.165, 1.54) is 6.92 Å². The largest absolute Gasteiger partial charge is 0.480 e. The quantitative estimate of drug-likeness (QED) is 0.464. The van der Waals surface area contributed by atoms with E-state index >= 15 is 0 Å². The van der Waals surface area contributed by atoms with Crippen LogP contribution < -0.4 is 10.6 Å². The Labute approximate surface area is 89.0 Å². The third-order valence-electron chi connectivity index (χ3n) is 1.79. The van der Waals surface area contributed by atoms with Crippen molar-refractivity contribution in [3.63, 3.8) is 0 Å². The number of rotatable bonds is 8. The van der Waals surface area contributed by atoms with E-state index in [2.05, 4.69) is 10.6 Å². The molecule has 0 saturated carbocycles. The summed E-state index contributed by atoms with van der Waals surface area (Å²) in [5.74, 6) is -1.18. The number of hydrogen-bond acceptors (Lipinski definition) is 4. The third kappa shape index (κ3) is 7.90. The Morgan fingerprint density at radius 2 is 2.13 bits per heavy atom. The topological polar surface area (TPSA) is 87.7 Å². The molecule has 88 valence electrons. The molecule has 3 N–H and O–H groups in total. The molecule has 0 rings (SSSR count). The summed E-state index contributed by atoms with van der Waals surface area (Å²) in [4.78, 5) is 21.5. The number of amides is 1. The Hall–Kier alpha value is -1.14. The maximum Gasteiger partial charge on any atom is 0.320 e. The van der Waals surface area contributed by atoms with Gasteiger partial charge in [-0.05, 0) is 13.3 Å². The summed E-state index contributed by atoms with van der Waals surface area (Å²) in [7, 11) is 1.60. The third-order valence-corrected chi connectivity index (χ3v) is 1.79. The Balaban J connectivity index is 3.45. The summed E-state index contributed by atoms with van der Waals surface area (Å²) in [6.45, 7) is 2.63. The predicted molar refractivity (Wildman–Crippen MR) is 54.6 cm³/mol. The molecule has 0 heterocycles. The molecule has 0 radical (unpaired) electrons. The van der Waals surface area contributed by atoms with Gasteiger partial charge in [-0.15, -0.1) is 0 Å². The van der Waals surface area contributed by atoms with Crippen LogP contribution in [0.3, 0.4) is 0 Å². The summed E-state index contributed by atoms with van der Waals surface area (Å²) in [6, 6.07) is -0.713. The lowest BCUT2D eigenvalue weighted by atomic mass is 10.3. The number of ether oxygens (including phenoxy) is 1. The monoisotopic (exact) mass is 218 g/mol. The number of nitrogens with one attached hydrogen (secondary N) is 2. The highest BCUT2D eigenvalue weighted by atomic mass is 16.5. The zero-order valence-electron chi connectivity index (χ0n) is 9.08. The fraction of sp³-hybridized carbons (Fsp3) is 0.778. The summed E-state index contributed by atoms with van der Waals surface area (Å²) < 4.78 is 4.81. The van der Waals surface area contributed by atoms with Crippen molar-refractivity contribution in [3.05, 3.63) is 0 Å². The molecule has 0 aromatic carbocycles. The number of carbonyl (C=O) groups excluding carboxylic acids is 1. The SMILES string of the molecule is COCCCNC(=O)CN[C@H](C)C(=O)O. The minimum atomic E-state index is -0.970. The van der Waals surface area contributed by atoms with Crippen LogP contribution >= 0.6 is 0 Å². The molecule has 6 heteroatoms. The number of carbonyl (C=O) groups is 2. The molecular formula is C9H18N2O4. The van der Waals surface area contributed by atoms with Crippen molar-refractivity contribution in [2.45, 2.75) is 19.4 Å². The van der Waals surface area contributed by atoms with Gasteiger partial charge in [0, 0.05) is 20.3 Å². The second-order valence-electron chi connectivity index (χ2n) is 3.14. The smallest absolute Gasteiger partial charge is 0.320 e. The first-order valence-corrected chi connectivity index (χ1v) is 4.79. The first kappa shape index (κ1) is 13.9. The van der Waals surface area contributed by atoms with Gasteiger partial charge in [0.1, 0.15) is 6.04 Å². The van der Waals surface area contributed by atoms with E-state index in [1.807, 2.05) is 0 Å². The lowest BCUT2D eigenvalue weighted by Crippen LogP contribution is -2.41. The highest BCUT2D eigenvalue weighted by Crippen LogP contribution is 1.80. The molecule has 1 atom stereocenters. The minimum absolute atomic E-state index is 0.0143. The number of carboxylic acids is 1. The Morgan fingerprint density at radius 3 is 2.67 bits per heavy atom. The van der Waals surface area contributed by atoms with E-state index in [9.17, 15) is 9.59 Å². The number of carboxylic acid groups (broad SMARTS) is 1. The van der Waals surface area contributed by atoms with Gasteiger partial charge in [-0.25, -0.2) is 0 Å². The molecule has 1 amide bonds. The van der Waals surface area contributed by atoms with Crippen molar-refractivity contribution >= 4 is 11.9 Å². The highest BCUT2D eigenvalue weighted by Gasteiger charge is 2.10. The van der Waals surface area contributed by atoms with Crippen molar-refractivity contribution in [3.8, 4) is 0 Å². The second-order valence-corrected chi connectivity index (χ2v) is 3.14. The van der Waals surface area contributed by atoms with Crippen LogP contribution in [0.1, 0.15) is 13.3 Å². The van der Waals surface area contributed by atoms with Gasteiger partial charge in [0.2, 0.25) is 5.91 Å². The van der Waals surface area contributed by atoms with E-state index < -0.39 is 12.0 Å². The molecule has 0 aromatic rings. The molecule has 15 heavy (non-hydrogen) atoms. The number of hydrogen-bond donors (Lipinski definition) is 3. The van der Waals surface area contributed by atoms with E-state index in [0.29, 0.717) is 13.2 Å². The van der Waals surface area contributed by atoms with E-state index in [1.54, 1.807) is 7.11 Å². The van der Waals surface area contributed by atoms with Gasteiger partial charge in [-0.2, -0.15) is 0 Å². The van der Waals surface area contributed by atoms with E-state index in [-0.39, 0.29) is 12.5 Å². The van der Waals surface area contributed by atoms with Gasteiger partial charge < -0.3 is 15.2 Å². The van der Waals surface area contributed by atoms with Gasteiger partial charge in [-0.1, -0.05) is 0 Å². The molecule has 0 aliphatic rings. The van der Waals surface area contributed by atoms with Crippen molar-refractivity contribution in [2.75, 3.05) is 26.8 Å². The average molecular weight is 218 g/mol. The van der Waals surface area contributed by atoms with Gasteiger partial charge in [0.05, 0.1) is 6.54 Å². The number of methoxy groups -OCH3 is 1. The van der Waals surface area contributed by atoms with Crippen molar-refractivity contribution in [2.24, 2.45) is 0 Å². The maximum atomic E-state index is 11.1. The fourth-order valence-corrected chi connectivity index (χ4v) is 0.840. The molecule has 0 unspecified atom stereocenters. The molecule has 0 spiro atoms. The lowest BCUT2D eigenvalue weighted by Gasteiger charge is -2.09. The summed E-state index contributed by atoms with van der Waals surface area (Å²) >= 11 is 0. The first-order valence-electron chi connectivity index (χ1n) is 4.79. The molecular weight excluding hydrogens is 200 g/mol. The molecule has 0 saturated heterocycles. The van der Waals surface area contributed by atoms with Gasteiger partial charge in [0.15, 0.2) is 0 Å². The molecule has 0 aromatic heterocycles. The molecule has 0 aliphatic heterocycles. The van der Waals surface area contributed by atoms with Crippen LogP contribution in [0.4, 0.5) is 0 Å². The van der Waals surface area contributed by atoms with Crippen LogP contribution in [0.2, 0.25) is 0 Å². The van der Waals surface area contributed by atoms with Crippen LogP contribution in [-0.2, 0) is 14.3 Å². The minimum Gasteiger partial charge on any atom is -0.480 e. The lowest BCUT2D eigenvalue weighted by molar-refractivity contribution is -0.139. The van der Waals surface area contributed by atoms with Crippen LogP contribution in [-0.4, -0.2) is 49.8 Å². The van der Waals surface area contributed by atoms with Crippen LogP contribution in [0.15, 0.2) is 0 Å². The van der Waals surface area contributed by atoms with Crippen molar-refractivity contribution in [1.82, 2.24) is 10.6 Å². The highest BCUT2D eigenvalue weighted by molar-refractivity contribution is 5.79. The Morgan fingerprint density at radius 1 is 1.47 bits per heavy atom. The van der Waals surface area contributed by atoms with Crippen LogP contribution in [0, 0.1) is 0 Å². The summed E-state index contributed by atoms with van der Waals surface area (Å²) in [5, 5.41) is 13.7. The predicted octanol–water partition coefficient (Wildman–Crippen LogP) is -0.798. The average Bonchev–Trinajstić information content (AvgIpc) is 2.20. The van der Waals surface area contributed by atoms with E-state index in [0.717, 1.165) is 6.42 Å². The molecule has 6 nitrogen and oxygen atoms in total. The normalized spacial score (nSPS) is 12.1. The molecule has 0 fully saturated rings. The number of aliphatic carboxylic acids is 1. The van der Waals surface area contributed by atoms with Crippen molar-refractivity contribution in [1.29, 1.82) is 0 Å². The second kappa shape index (κ2) is 8.19. The zero-order valence-corrected chi connectivity index (χ0v) is 9.08. The van der Waals surface area contributed by atoms with Crippen LogP contribution in [0.5, 0.6) is 0 Å². The van der Waals surface area contributed by atoms with Gasteiger partial charge in [-0.3, -0.25) is 14.9 Å². The Kier molecular flexibility index (Phi) is 7.57. The van der Waals surface area contributed by atoms with E-state index in [4.69, 9.17) is 9.84 Å². The maximum absolute atomic E-state index is 11.1. The molecule has 0 bridgehead atoms. The summed E-state index contributed by atoms with van der Waals surface area (Å²) in [6.07, 6.45) is 0.747. The van der Waals surface area contributed by atoms with Gasteiger partial charge in [0.25, 0.3) is 0 Å². The van der Waals surface area contributed by atoms with Gasteiger partial charge >= 0.3 is 5.97 Å². The van der Waals surface area contributed by atoms with Crippen LogP contribution in [0.25, 0.3) is 0 Å². The van der Waals surface area contributed by atoms with Crippen molar-refractivity contribution < 1.29 is 19.4 Å². The fourth-order valence-electron chi connectivity index (χ4n) is 0.840. The first-order chi connectivity index (χ1) is 7.07. The zero-order chi connectivity index (χ0) is 11.7. The molecule has 0 aliphatic carbocycles. The standard InChI is InChI=1S/C9H18N2O4/c1-7(9(13)14)11-6-8(12)10-4-3-5-15-2/h7,11H,3-6H2,1-2H3,(H,10,12)(H,13,14)/t7-/m1/s1. The Bertz CT molecular complexity index is 208.